The molecule has 33 heavy (non-hydrogen) atoms. The van der Waals surface area contributed by atoms with Crippen LogP contribution in [-0.2, 0) is 14.8 Å². The highest BCUT2D eigenvalue weighted by Gasteiger charge is 2.16. The molecule has 0 atom stereocenters. The van der Waals surface area contributed by atoms with E-state index in [0.29, 0.717) is 28.0 Å². The van der Waals surface area contributed by atoms with Gasteiger partial charge in [0.2, 0.25) is 5.91 Å². The third-order valence-corrected chi connectivity index (χ3v) is 6.25. The molecule has 1 aromatic heterocycles. The molecule has 3 aromatic carbocycles. The van der Waals surface area contributed by atoms with Crippen LogP contribution in [0.4, 0.5) is 5.69 Å². The predicted molar refractivity (Wildman–Crippen MR) is 123 cm³/mol. The Hall–Kier alpha value is -4.24. The molecule has 0 aliphatic heterocycles. The van der Waals surface area contributed by atoms with E-state index in [0.717, 1.165) is 12.3 Å². The first-order valence-electron chi connectivity index (χ1n) is 9.81. The maximum Gasteiger partial charge on any atom is 0.344 e. The molecular formula is C24H18N2O6S. The Morgan fingerprint density at radius 1 is 0.879 bits per heavy atom. The number of carbonyl (C=O) groups excluding carboxylic acids is 2. The summed E-state index contributed by atoms with van der Waals surface area (Å²) in [7, 11) is -3.95. The van der Waals surface area contributed by atoms with Crippen molar-refractivity contribution in [3.63, 3.8) is 0 Å². The lowest BCUT2D eigenvalue weighted by molar-refractivity contribution is -0.117. The van der Waals surface area contributed by atoms with Gasteiger partial charge < -0.3 is 9.73 Å². The van der Waals surface area contributed by atoms with E-state index in [4.69, 9.17) is 4.42 Å². The number of sulfonamides is 1. The van der Waals surface area contributed by atoms with Crippen molar-refractivity contribution in [3.05, 3.63) is 94.8 Å². The van der Waals surface area contributed by atoms with Crippen molar-refractivity contribution in [1.82, 2.24) is 4.72 Å². The van der Waals surface area contributed by atoms with Crippen molar-refractivity contribution in [2.45, 2.75) is 11.8 Å². The van der Waals surface area contributed by atoms with Crippen LogP contribution in [0.3, 0.4) is 0 Å². The number of hydrogen-bond acceptors (Lipinski definition) is 6. The number of hydrogen-bond donors (Lipinski definition) is 2. The Kier molecular flexibility index (Phi) is 5.80. The zero-order chi connectivity index (χ0) is 23.6. The number of carbonyl (C=O) groups is 2. The quantitative estimate of drug-likeness (QED) is 0.438. The van der Waals surface area contributed by atoms with Crippen LogP contribution in [0.15, 0.2) is 93.0 Å². The van der Waals surface area contributed by atoms with Crippen molar-refractivity contribution in [2.75, 3.05) is 5.32 Å². The summed E-state index contributed by atoms with van der Waals surface area (Å²) in [6.45, 7) is 1.10. The van der Waals surface area contributed by atoms with E-state index in [1.54, 1.807) is 42.5 Å². The topological polar surface area (TPSA) is 123 Å². The maximum absolute atomic E-state index is 12.6. The third kappa shape index (κ3) is 4.83. The van der Waals surface area contributed by atoms with Crippen LogP contribution >= 0.6 is 0 Å². The largest absolute Gasteiger partial charge is 0.422 e. The van der Waals surface area contributed by atoms with E-state index in [1.807, 2.05) is 16.9 Å². The van der Waals surface area contributed by atoms with Gasteiger partial charge in [-0.25, -0.2) is 17.9 Å². The molecule has 0 radical (unpaired) electrons. The number of amides is 2. The summed E-state index contributed by atoms with van der Waals surface area (Å²) in [5.41, 5.74) is 1.74. The summed E-state index contributed by atoms with van der Waals surface area (Å²) in [6.07, 6.45) is 0. The summed E-state index contributed by atoms with van der Waals surface area (Å²) in [5, 5.41) is 3.46. The molecule has 0 saturated carbocycles. The standard InChI is InChI=1S/C24H18N2O6S/c1-15(27)26-33(30,31)20-12-10-19(11-13-20)25-23(28)17-8-6-16(7-9-17)21-14-18-4-2-3-5-22(18)32-24(21)29/h2-14H,1H3,(H,25,28)(H,26,27). The lowest BCUT2D eigenvalue weighted by Gasteiger charge is -2.08. The fourth-order valence-electron chi connectivity index (χ4n) is 3.23. The van der Waals surface area contributed by atoms with Gasteiger partial charge in [-0.05, 0) is 54.1 Å². The zero-order valence-electron chi connectivity index (χ0n) is 17.4. The van der Waals surface area contributed by atoms with Crippen LogP contribution in [0.2, 0.25) is 0 Å². The SMILES string of the molecule is CC(=O)NS(=O)(=O)c1ccc(NC(=O)c2ccc(-c3cc4ccccc4oc3=O)cc2)cc1. The minimum Gasteiger partial charge on any atom is -0.422 e. The van der Waals surface area contributed by atoms with E-state index in [2.05, 4.69) is 5.32 Å². The molecule has 0 aliphatic carbocycles. The van der Waals surface area contributed by atoms with Gasteiger partial charge in [-0.1, -0.05) is 30.3 Å². The lowest BCUT2D eigenvalue weighted by atomic mass is 10.0. The molecule has 2 N–H and O–H groups in total. The Bertz CT molecular complexity index is 1520. The van der Waals surface area contributed by atoms with Gasteiger partial charge in [-0.3, -0.25) is 9.59 Å². The van der Waals surface area contributed by atoms with Crippen molar-refractivity contribution >= 4 is 38.5 Å². The zero-order valence-corrected chi connectivity index (χ0v) is 18.2. The fourth-order valence-corrected chi connectivity index (χ4v) is 4.22. The first-order chi connectivity index (χ1) is 15.7. The van der Waals surface area contributed by atoms with Crippen molar-refractivity contribution in [3.8, 4) is 11.1 Å². The Morgan fingerprint density at radius 3 is 2.21 bits per heavy atom. The molecule has 8 nitrogen and oxygen atoms in total. The minimum absolute atomic E-state index is 0.103. The average molecular weight is 462 g/mol. The number of anilines is 1. The van der Waals surface area contributed by atoms with Crippen LogP contribution in [0.1, 0.15) is 17.3 Å². The van der Waals surface area contributed by atoms with Crippen LogP contribution in [0, 0.1) is 0 Å². The smallest absolute Gasteiger partial charge is 0.344 e. The van der Waals surface area contributed by atoms with E-state index < -0.39 is 27.5 Å². The van der Waals surface area contributed by atoms with Crippen LogP contribution in [-0.4, -0.2) is 20.2 Å². The van der Waals surface area contributed by atoms with Gasteiger partial charge in [-0.2, -0.15) is 0 Å². The molecular weight excluding hydrogens is 444 g/mol. The fraction of sp³-hybridized carbons (Fsp3) is 0.0417. The normalized spacial score (nSPS) is 11.2. The third-order valence-electron chi connectivity index (χ3n) is 4.80. The molecule has 0 spiro atoms. The summed E-state index contributed by atoms with van der Waals surface area (Å²) in [6, 6.07) is 20.8. The molecule has 0 bridgehead atoms. The Morgan fingerprint density at radius 2 is 1.55 bits per heavy atom. The number of benzene rings is 3. The van der Waals surface area contributed by atoms with Crippen LogP contribution < -0.4 is 15.7 Å². The Balaban J connectivity index is 1.51. The lowest BCUT2D eigenvalue weighted by Crippen LogP contribution is -2.28. The van der Waals surface area contributed by atoms with Crippen molar-refractivity contribution in [1.29, 1.82) is 0 Å². The van der Waals surface area contributed by atoms with E-state index in [1.165, 1.54) is 24.3 Å². The van der Waals surface area contributed by atoms with Crippen LogP contribution in [0.25, 0.3) is 22.1 Å². The van der Waals surface area contributed by atoms with Gasteiger partial charge in [0.1, 0.15) is 5.58 Å². The second-order valence-electron chi connectivity index (χ2n) is 7.20. The van der Waals surface area contributed by atoms with E-state index in [9.17, 15) is 22.8 Å². The maximum atomic E-state index is 12.6. The second-order valence-corrected chi connectivity index (χ2v) is 8.89. The number of fused-ring (bicyclic) bond motifs is 1. The molecule has 4 aromatic rings. The first kappa shape index (κ1) is 22.0. The summed E-state index contributed by atoms with van der Waals surface area (Å²) in [5.74, 6) is -1.11. The molecule has 9 heteroatoms. The highest BCUT2D eigenvalue weighted by Crippen LogP contribution is 2.22. The van der Waals surface area contributed by atoms with E-state index in [-0.39, 0.29) is 4.90 Å². The molecule has 0 unspecified atom stereocenters. The molecule has 0 aliphatic rings. The number of nitrogens with one attached hydrogen (secondary N) is 2. The highest BCUT2D eigenvalue weighted by atomic mass is 32.2. The summed E-state index contributed by atoms with van der Waals surface area (Å²) >= 11 is 0. The van der Waals surface area contributed by atoms with Crippen LogP contribution in [0.5, 0.6) is 0 Å². The van der Waals surface area contributed by atoms with Gasteiger partial charge in [0.15, 0.2) is 0 Å². The predicted octanol–water partition coefficient (Wildman–Crippen LogP) is 3.54. The second kappa shape index (κ2) is 8.71. The Labute approximate surface area is 188 Å². The van der Waals surface area contributed by atoms with Gasteiger partial charge in [0.05, 0.1) is 10.5 Å². The molecule has 2 amide bonds. The molecule has 0 fully saturated rings. The van der Waals surface area contributed by atoms with Crippen molar-refractivity contribution < 1.29 is 22.4 Å². The first-order valence-corrected chi connectivity index (χ1v) is 11.3. The molecule has 0 saturated heterocycles. The van der Waals surface area contributed by atoms with Gasteiger partial charge in [-0.15, -0.1) is 0 Å². The van der Waals surface area contributed by atoms with Gasteiger partial charge in [0, 0.05) is 23.6 Å². The average Bonchev–Trinajstić information content (AvgIpc) is 2.78. The number of para-hydroxylation sites is 1. The molecule has 4 rings (SSSR count). The van der Waals surface area contributed by atoms with Gasteiger partial charge >= 0.3 is 5.63 Å². The number of rotatable bonds is 5. The van der Waals surface area contributed by atoms with Gasteiger partial charge in [0.25, 0.3) is 15.9 Å². The highest BCUT2D eigenvalue weighted by molar-refractivity contribution is 7.90. The summed E-state index contributed by atoms with van der Waals surface area (Å²) in [4.78, 5) is 35.8. The minimum atomic E-state index is -3.95. The molecule has 1 heterocycles. The monoisotopic (exact) mass is 462 g/mol. The van der Waals surface area contributed by atoms with E-state index >= 15 is 0 Å². The molecule has 166 valence electrons. The van der Waals surface area contributed by atoms with Crippen molar-refractivity contribution in [2.24, 2.45) is 0 Å². The summed E-state index contributed by atoms with van der Waals surface area (Å²) < 4.78 is 31.2.